The predicted octanol–water partition coefficient (Wildman–Crippen LogP) is 6.18. The first-order valence-electron chi connectivity index (χ1n) is 14.0. The number of unbranched alkanes of at least 4 members (excludes halogenated alkanes) is 4. The van der Waals surface area contributed by atoms with Gasteiger partial charge in [0.05, 0.1) is 0 Å². The van der Waals surface area contributed by atoms with Crippen molar-refractivity contribution in [2.24, 2.45) is 0 Å². The second kappa shape index (κ2) is 17.7. The number of carbonyl (C=O) groups is 2. The fourth-order valence-electron chi connectivity index (χ4n) is 4.17. The molecule has 37 heavy (non-hydrogen) atoms. The molecule has 6 heteroatoms. The van der Waals surface area contributed by atoms with Crippen molar-refractivity contribution in [3.63, 3.8) is 0 Å². The Bertz CT molecular complexity index is 836. The van der Waals surface area contributed by atoms with Gasteiger partial charge < -0.3 is 20.4 Å². The van der Waals surface area contributed by atoms with Gasteiger partial charge in [-0.25, -0.2) is 0 Å². The molecule has 0 bridgehead atoms. The minimum Gasteiger partial charge on any atom is -0.326 e. The van der Waals surface area contributed by atoms with Crippen LogP contribution in [0.25, 0.3) is 0 Å². The van der Waals surface area contributed by atoms with Crippen LogP contribution in [-0.4, -0.2) is 61.9 Å². The first-order valence-corrected chi connectivity index (χ1v) is 14.0. The summed E-state index contributed by atoms with van der Waals surface area (Å²) in [5.74, 6) is 0.103. The molecular formula is C31H48N4O2. The number of hydrogen-bond acceptors (Lipinski definition) is 4. The van der Waals surface area contributed by atoms with Crippen molar-refractivity contribution in [3.8, 4) is 0 Å². The summed E-state index contributed by atoms with van der Waals surface area (Å²) in [7, 11) is 4.15. The van der Waals surface area contributed by atoms with E-state index in [1.807, 2.05) is 24.3 Å². The summed E-state index contributed by atoms with van der Waals surface area (Å²) >= 11 is 0. The number of rotatable bonds is 18. The van der Waals surface area contributed by atoms with E-state index >= 15 is 0 Å². The van der Waals surface area contributed by atoms with Gasteiger partial charge in [-0.2, -0.15) is 0 Å². The lowest BCUT2D eigenvalue weighted by atomic mass is 10.0. The molecule has 0 aliphatic rings. The third-order valence-electron chi connectivity index (χ3n) is 6.61. The average molecular weight is 509 g/mol. The fraction of sp³-hybridized carbons (Fsp3) is 0.548. The molecule has 0 unspecified atom stereocenters. The second-order valence-corrected chi connectivity index (χ2v) is 10.2. The maximum Gasteiger partial charge on any atom is 0.225 e. The minimum absolute atomic E-state index is 0.0517. The highest BCUT2D eigenvalue weighted by molar-refractivity contribution is 5.91. The number of carbonyl (C=O) groups excluding carboxylic acids is 2. The molecule has 2 aromatic carbocycles. The van der Waals surface area contributed by atoms with Crippen LogP contribution >= 0.6 is 0 Å². The van der Waals surface area contributed by atoms with E-state index in [0.29, 0.717) is 12.8 Å². The summed E-state index contributed by atoms with van der Waals surface area (Å²) in [6.45, 7) is 8.04. The molecule has 0 aliphatic heterocycles. The summed E-state index contributed by atoms with van der Waals surface area (Å²) in [6, 6.07) is 16.1. The van der Waals surface area contributed by atoms with Crippen LogP contribution in [0.2, 0.25) is 0 Å². The highest BCUT2D eigenvalue weighted by Gasteiger charge is 2.07. The van der Waals surface area contributed by atoms with E-state index in [-0.39, 0.29) is 11.8 Å². The van der Waals surface area contributed by atoms with Crippen LogP contribution in [0.1, 0.15) is 76.3 Å². The summed E-state index contributed by atoms with van der Waals surface area (Å²) in [5, 5.41) is 6.00. The van der Waals surface area contributed by atoms with Gasteiger partial charge >= 0.3 is 0 Å². The number of nitrogens with one attached hydrogen (secondary N) is 2. The van der Waals surface area contributed by atoms with Crippen molar-refractivity contribution >= 4 is 23.2 Å². The minimum atomic E-state index is 0.0517. The van der Waals surface area contributed by atoms with Gasteiger partial charge in [0, 0.05) is 37.3 Å². The largest absolute Gasteiger partial charge is 0.326 e. The van der Waals surface area contributed by atoms with Gasteiger partial charge in [-0.1, -0.05) is 63.8 Å². The van der Waals surface area contributed by atoms with Crippen LogP contribution in [0.15, 0.2) is 48.5 Å². The Labute approximate surface area is 224 Å². The monoisotopic (exact) mass is 508 g/mol. The van der Waals surface area contributed by atoms with Gasteiger partial charge in [-0.05, 0) is 81.8 Å². The lowest BCUT2D eigenvalue weighted by molar-refractivity contribution is -0.117. The van der Waals surface area contributed by atoms with Gasteiger partial charge in [0.2, 0.25) is 11.8 Å². The van der Waals surface area contributed by atoms with Crippen molar-refractivity contribution in [1.29, 1.82) is 0 Å². The van der Waals surface area contributed by atoms with Crippen molar-refractivity contribution in [3.05, 3.63) is 59.7 Å². The lowest BCUT2D eigenvalue weighted by Gasteiger charge is -2.16. The molecule has 2 aromatic rings. The van der Waals surface area contributed by atoms with Crippen molar-refractivity contribution in [2.45, 2.75) is 71.6 Å². The highest BCUT2D eigenvalue weighted by atomic mass is 16.2. The molecule has 0 aromatic heterocycles. The summed E-state index contributed by atoms with van der Waals surface area (Å²) in [5.41, 5.74) is 4.01. The first kappa shape index (κ1) is 30.5. The standard InChI is InChI=1S/C31H48N4O2/c1-5-7-9-21-34(3)23-19-30(36)32-28-15-11-26(12-16-28)25-27-13-17-29(18-14-27)33-31(37)20-24-35(4)22-10-8-6-2/h11-18H,5-10,19-25H2,1-4H3,(H,32,36)(H,33,37). The van der Waals surface area contributed by atoms with Crippen molar-refractivity contribution in [1.82, 2.24) is 9.80 Å². The Hall–Kier alpha value is -2.70. The Morgan fingerprint density at radius 3 is 1.32 bits per heavy atom. The Kier molecular flexibility index (Phi) is 14.6. The van der Waals surface area contributed by atoms with Crippen LogP contribution in [0.3, 0.4) is 0 Å². The Morgan fingerprint density at radius 2 is 0.973 bits per heavy atom. The number of benzene rings is 2. The third kappa shape index (κ3) is 13.4. The molecule has 0 aliphatic carbocycles. The molecule has 2 rings (SSSR count). The Balaban J connectivity index is 1.72. The van der Waals surface area contributed by atoms with Gasteiger partial charge in [0.15, 0.2) is 0 Å². The van der Waals surface area contributed by atoms with E-state index in [2.05, 4.69) is 72.6 Å². The molecule has 204 valence electrons. The zero-order chi connectivity index (χ0) is 26.9. The smallest absolute Gasteiger partial charge is 0.225 e. The summed E-state index contributed by atoms with van der Waals surface area (Å²) in [4.78, 5) is 29.0. The van der Waals surface area contributed by atoms with Crippen LogP contribution in [0.4, 0.5) is 11.4 Å². The SMILES string of the molecule is CCCCCN(C)CCC(=O)Nc1ccc(Cc2ccc(NC(=O)CCN(C)CCCCC)cc2)cc1. The molecule has 2 amide bonds. The van der Waals surface area contributed by atoms with E-state index < -0.39 is 0 Å². The van der Waals surface area contributed by atoms with Crippen molar-refractivity contribution in [2.75, 3.05) is 50.9 Å². The van der Waals surface area contributed by atoms with Crippen molar-refractivity contribution < 1.29 is 9.59 Å². The average Bonchev–Trinajstić information content (AvgIpc) is 2.89. The zero-order valence-electron chi connectivity index (χ0n) is 23.5. The molecule has 0 saturated carbocycles. The quantitative estimate of drug-likeness (QED) is 0.236. The van der Waals surface area contributed by atoms with Gasteiger partial charge in [0.1, 0.15) is 0 Å². The van der Waals surface area contributed by atoms with E-state index in [1.165, 1.54) is 49.7 Å². The lowest BCUT2D eigenvalue weighted by Crippen LogP contribution is -2.25. The third-order valence-corrected chi connectivity index (χ3v) is 6.61. The van der Waals surface area contributed by atoms with E-state index in [1.54, 1.807) is 0 Å². The van der Waals surface area contributed by atoms with Crippen LogP contribution in [0.5, 0.6) is 0 Å². The topological polar surface area (TPSA) is 64.7 Å². The fourth-order valence-corrected chi connectivity index (χ4v) is 4.17. The van der Waals surface area contributed by atoms with Crippen LogP contribution in [0, 0.1) is 0 Å². The van der Waals surface area contributed by atoms with E-state index in [9.17, 15) is 9.59 Å². The zero-order valence-corrected chi connectivity index (χ0v) is 23.5. The molecule has 0 spiro atoms. The van der Waals surface area contributed by atoms with Crippen LogP contribution < -0.4 is 10.6 Å². The molecule has 0 atom stereocenters. The van der Waals surface area contributed by atoms with E-state index in [4.69, 9.17) is 0 Å². The Morgan fingerprint density at radius 1 is 0.595 bits per heavy atom. The maximum atomic E-state index is 12.3. The number of hydrogen-bond donors (Lipinski definition) is 2. The number of anilines is 2. The molecular weight excluding hydrogens is 460 g/mol. The van der Waals surface area contributed by atoms with Gasteiger partial charge in [-0.15, -0.1) is 0 Å². The number of amides is 2. The van der Waals surface area contributed by atoms with Gasteiger partial charge in [0.25, 0.3) is 0 Å². The number of nitrogens with zero attached hydrogens (tertiary/aromatic N) is 2. The molecule has 0 radical (unpaired) electrons. The normalized spacial score (nSPS) is 11.2. The van der Waals surface area contributed by atoms with Crippen LogP contribution in [-0.2, 0) is 16.0 Å². The molecule has 2 N–H and O–H groups in total. The second-order valence-electron chi connectivity index (χ2n) is 10.2. The summed E-state index contributed by atoms with van der Waals surface area (Å²) < 4.78 is 0. The predicted molar refractivity (Wildman–Crippen MR) is 156 cm³/mol. The molecule has 0 saturated heterocycles. The van der Waals surface area contributed by atoms with Gasteiger partial charge in [-0.3, -0.25) is 9.59 Å². The highest BCUT2D eigenvalue weighted by Crippen LogP contribution is 2.16. The molecule has 6 nitrogen and oxygen atoms in total. The van der Waals surface area contributed by atoms with E-state index in [0.717, 1.165) is 44.0 Å². The molecule has 0 fully saturated rings. The first-order chi connectivity index (χ1) is 17.9. The summed E-state index contributed by atoms with van der Waals surface area (Å²) in [6.07, 6.45) is 9.08. The maximum absolute atomic E-state index is 12.3. The molecule has 0 heterocycles.